The van der Waals surface area contributed by atoms with E-state index in [0.29, 0.717) is 17.9 Å². The summed E-state index contributed by atoms with van der Waals surface area (Å²) >= 11 is 1.42. The molecular formula is C19H31N3O5S. The molecule has 0 aromatic heterocycles. The number of primary amides is 1. The SMILES string of the molecule is CC(O)C1C(=O)N2C(C(=O)O)=C(SC3CC(C(N)=O)N(C)C3)C(C)C12.CCC. The van der Waals surface area contributed by atoms with Crippen LogP contribution in [-0.2, 0) is 14.4 Å². The average molecular weight is 414 g/mol. The number of rotatable bonds is 5. The van der Waals surface area contributed by atoms with E-state index in [4.69, 9.17) is 5.73 Å². The summed E-state index contributed by atoms with van der Waals surface area (Å²) in [5, 5.41) is 19.5. The number of fused-ring (bicyclic) bond motifs is 1. The normalized spacial score (nSPS) is 33.1. The molecule has 0 aliphatic carbocycles. The van der Waals surface area contributed by atoms with Crippen molar-refractivity contribution >= 4 is 29.5 Å². The van der Waals surface area contributed by atoms with E-state index in [1.54, 1.807) is 6.92 Å². The Hall–Kier alpha value is -1.58. The molecule has 6 unspecified atom stereocenters. The lowest BCUT2D eigenvalue weighted by Gasteiger charge is -2.46. The number of aliphatic hydroxyl groups is 1. The number of carboxylic acids is 1. The van der Waals surface area contributed by atoms with E-state index >= 15 is 0 Å². The van der Waals surface area contributed by atoms with Gasteiger partial charge in [0.15, 0.2) is 0 Å². The minimum Gasteiger partial charge on any atom is -0.477 e. The van der Waals surface area contributed by atoms with E-state index in [0.717, 1.165) is 0 Å². The molecule has 3 aliphatic heterocycles. The Labute approximate surface area is 170 Å². The third-order valence-electron chi connectivity index (χ3n) is 5.44. The molecule has 28 heavy (non-hydrogen) atoms. The second-order valence-electron chi connectivity index (χ2n) is 7.81. The minimum atomic E-state index is -1.13. The number of hydrogen-bond acceptors (Lipinski definition) is 6. The zero-order chi connectivity index (χ0) is 21.3. The number of carbonyl (C=O) groups is 3. The standard InChI is InChI=1S/C16H23N3O5S.C3H8/c1-6-11-10(7(2)20)15(22)19(11)12(16(23)24)13(6)25-8-4-9(14(17)21)18(3)5-8;1-3-2/h6-11,20H,4-5H2,1-3H3,(H2,17,21)(H,23,24);3H2,1-2H3. The van der Waals surface area contributed by atoms with Gasteiger partial charge in [0.1, 0.15) is 5.70 Å². The van der Waals surface area contributed by atoms with Gasteiger partial charge >= 0.3 is 5.97 Å². The van der Waals surface area contributed by atoms with Crippen LogP contribution in [0.25, 0.3) is 0 Å². The van der Waals surface area contributed by atoms with Gasteiger partial charge in [-0.1, -0.05) is 27.2 Å². The number of carbonyl (C=O) groups excluding carboxylic acids is 2. The first kappa shape index (κ1) is 22.7. The molecule has 3 rings (SSSR count). The largest absolute Gasteiger partial charge is 0.477 e. The first-order valence-electron chi connectivity index (χ1n) is 9.71. The van der Waals surface area contributed by atoms with Crippen LogP contribution < -0.4 is 5.73 Å². The van der Waals surface area contributed by atoms with E-state index in [9.17, 15) is 24.6 Å². The molecule has 3 aliphatic rings. The maximum absolute atomic E-state index is 12.3. The summed E-state index contributed by atoms with van der Waals surface area (Å²) in [5.74, 6) is -2.57. The molecule has 2 fully saturated rings. The number of nitrogens with two attached hydrogens (primary N) is 1. The van der Waals surface area contributed by atoms with Crippen LogP contribution in [0.4, 0.5) is 0 Å². The quantitative estimate of drug-likeness (QED) is 0.571. The zero-order valence-electron chi connectivity index (χ0n) is 17.1. The van der Waals surface area contributed by atoms with Crippen LogP contribution >= 0.6 is 11.8 Å². The van der Waals surface area contributed by atoms with E-state index in [-0.39, 0.29) is 40.8 Å². The second-order valence-corrected chi connectivity index (χ2v) is 9.15. The number of carboxylic acid groups (broad SMARTS) is 1. The Morgan fingerprint density at radius 1 is 1.36 bits per heavy atom. The third kappa shape index (κ3) is 3.92. The second kappa shape index (κ2) is 8.84. The first-order valence-corrected chi connectivity index (χ1v) is 10.6. The summed E-state index contributed by atoms with van der Waals surface area (Å²) < 4.78 is 0. The Morgan fingerprint density at radius 3 is 2.36 bits per heavy atom. The van der Waals surface area contributed by atoms with Gasteiger partial charge in [0, 0.05) is 22.6 Å². The van der Waals surface area contributed by atoms with Gasteiger partial charge in [0.05, 0.1) is 24.1 Å². The van der Waals surface area contributed by atoms with Crippen molar-refractivity contribution in [1.29, 1.82) is 0 Å². The molecular weight excluding hydrogens is 382 g/mol. The molecule has 0 aromatic rings. The van der Waals surface area contributed by atoms with Gasteiger partial charge in [-0.25, -0.2) is 4.79 Å². The number of β-lactam (4-membered cyclic amide) rings is 1. The summed E-state index contributed by atoms with van der Waals surface area (Å²) in [6.07, 6.45) is 0.991. The highest BCUT2D eigenvalue weighted by Crippen LogP contribution is 2.52. The van der Waals surface area contributed by atoms with Gasteiger partial charge in [-0.2, -0.15) is 0 Å². The predicted octanol–water partition coefficient (Wildman–Crippen LogP) is 0.848. The molecule has 0 aromatic carbocycles. The minimum absolute atomic E-state index is 0.0228. The summed E-state index contributed by atoms with van der Waals surface area (Å²) in [6, 6.07) is -0.667. The first-order chi connectivity index (χ1) is 13.1. The van der Waals surface area contributed by atoms with Gasteiger partial charge in [0.25, 0.3) is 0 Å². The summed E-state index contributed by atoms with van der Waals surface area (Å²) in [6.45, 7) is 8.32. The van der Waals surface area contributed by atoms with Gasteiger partial charge in [-0.05, 0) is 20.4 Å². The lowest BCUT2D eigenvalue weighted by Crippen LogP contribution is -2.63. The van der Waals surface area contributed by atoms with Crippen molar-refractivity contribution < 1.29 is 24.6 Å². The van der Waals surface area contributed by atoms with Gasteiger partial charge < -0.3 is 20.8 Å². The Balaban J connectivity index is 0.000000878. The maximum Gasteiger partial charge on any atom is 0.353 e. The highest BCUT2D eigenvalue weighted by atomic mass is 32.2. The highest BCUT2D eigenvalue weighted by Gasteiger charge is 2.60. The van der Waals surface area contributed by atoms with Crippen LogP contribution in [0.1, 0.15) is 40.5 Å². The Bertz CT molecular complexity index is 680. The number of aliphatic hydroxyl groups excluding tert-OH is 1. The fourth-order valence-electron chi connectivity index (χ4n) is 4.23. The molecule has 4 N–H and O–H groups in total. The molecule has 0 spiro atoms. The van der Waals surface area contributed by atoms with Gasteiger partial charge in [-0.3, -0.25) is 14.5 Å². The van der Waals surface area contributed by atoms with Crippen molar-refractivity contribution in [3.05, 3.63) is 10.6 Å². The third-order valence-corrected chi connectivity index (χ3v) is 6.94. The lowest BCUT2D eigenvalue weighted by molar-refractivity contribution is -0.163. The number of hydrogen-bond donors (Lipinski definition) is 3. The number of likely N-dealkylation sites (tertiary alicyclic amines) is 1. The lowest BCUT2D eigenvalue weighted by atomic mass is 9.79. The average Bonchev–Trinajstić information content (AvgIpc) is 3.05. The molecule has 6 atom stereocenters. The van der Waals surface area contributed by atoms with Crippen LogP contribution in [0.3, 0.4) is 0 Å². The Morgan fingerprint density at radius 2 is 1.93 bits per heavy atom. The van der Waals surface area contributed by atoms with Crippen LogP contribution in [0.2, 0.25) is 0 Å². The van der Waals surface area contributed by atoms with Gasteiger partial charge in [-0.15, -0.1) is 11.8 Å². The van der Waals surface area contributed by atoms with Crippen molar-refractivity contribution in [2.75, 3.05) is 13.6 Å². The molecule has 9 heteroatoms. The fourth-order valence-corrected chi connectivity index (χ4v) is 5.83. The van der Waals surface area contributed by atoms with E-state index in [2.05, 4.69) is 13.8 Å². The molecule has 158 valence electrons. The molecule has 0 bridgehead atoms. The van der Waals surface area contributed by atoms with Crippen LogP contribution in [0, 0.1) is 11.8 Å². The van der Waals surface area contributed by atoms with Crippen LogP contribution in [0.5, 0.6) is 0 Å². The van der Waals surface area contributed by atoms with Crippen molar-refractivity contribution in [3.63, 3.8) is 0 Å². The number of likely N-dealkylation sites (N-methyl/N-ethyl adjacent to an activating group) is 1. The summed E-state index contributed by atoms with van der Waals surface area (Å²) in [5.41, 5.74) is 5.43. The number of aliphatic carboxylic acids is 1. The number of thioether (sulfide) groups is 1. The van der Waals surface area contributed by atoms with E-state index in [1.165, 1.54) is 23.1 Å². The summed E-state index contributed by atoms with van der Waals surface area (Å²) in [4.78, 5) is 39.4. The molecule has 3 heterocycles. The fraction of sp³-hybridized carbons (Fsp3) is 0.737. The molecule has 8 nitrogen and oxygen atoms in total. The van der Waals surface area contributed by atoms with Crippen molar-refractivity contribution in [3.8, 4) is 0 Å². The monoisotopic (exact) mass is 413 g/mol. The van der Waals surface area contributed by atoms with Crippen molar-refractivity contribution in [1.82, 2.24) is 9.80 Å². The smallest absolute Gasteiger partial charge is 0.353 e. The molecule has 0 saturated carbocycles. The van der Waals surface area contributed by atoms with Crippen LogP contribution in [0.15, 0.2) is 10.6 Å². The number of nitrogens with zero attached hydrogens (tertiary/aromatic N) is 2. The zero-order valence-corrected chi connectivity index (χ0v) is 17.9. The highest BCUT2D eigenvalue weighted by molar-refractivity contribution is 8.03. The number of amides is 2. The van der Waals surface area contributed by atoms with Crippen LogP contribution in [-0.4, -0.2) is 74.8 Å². The predicted molar refractivity (Wildman–Crippen MR) is 107 cm³/mol. The Kier molecular flexibility index (Phi) is 7.17. The molecule has 2 amide bonds. The van der Waals surface area contributed by atoms with Crippen molar-refractivity contribution in [2.24, 2.45) is 17.6 Å². The maximum atomic E-state index is 12.3. The summed E-state index contributed by atoms with van der Waals surface area (Å²) in [7, 11) is 1.82. The molecule has 0 radical (unpaired) electrons. The van der Waals surface area contributed by atoms with E-state index < -0.39 is 18.0 Å². The van der Waals surface area contributed by atoms with Gasteiger partial charge in [0.2, 0.25) is 11.8 Å². The van der Waals surface area contributed by atoms with E-state index in [1.807, 2.05) is 18.9 Å². The topological polar surface area (TPSA) is 124 Å². The molecule has 2 saturated heterocycles. The van der Waals surface area contributed by atoms with Crippen molar-refractivity contribution in [2.45, 2.75) is 64.0 Å².